The van der Waals surface area contributed by atoms with E-state index in [-0.39, 0.29) is 0 Å². The highest BCUT2D eigenvalue weighted by atomic mass is 15.3. The average Bonchev–Trinajstić information content (AvgIpc) is 2.63. The molecule has 2 heterocycles. The van der Waals surface area contributed by atoms with Gasteiger partial charge in [-0.3, -0.25) is 4.99 Å². The standard InChI is InChI=1S/C9H13N5/c1-14-5-4-11-9(14)12-6-8-2-3-10-7-13-8/h2-3,7H,4-6H2,1H3,(H,11,12). The molecule has 0 unspecified atom stereocenters. The lowest BCUT2D eigenvalue weighted by molar-refractivity contribution is 0.533. The largest absolute Gasteiger partial charge is 0.351 e. The van der Waals surface area contributed by atoms with E-state index in [0.717, 1.165) is 24.7 Å². The summed E-state index contributed by atoms with van der Waals surface area (Å²) in [7, 11) is 2.03. The third-order valence-electron chi connectivity index (χ3n) is 2.13. The van der Waals surface area contributed by atoms with Gasteiger partial charge in [-0.25, -0.2) is 9.97 Å². The molecule has 0 fully saturated rings. The summed E-state index contributed by atoms with van der Waals surface area (Å²) in [6.45, 7) is 2.57. The quantitative estimate of drug-likeness (QED) is 0.707. The normalized spacial score (nSPS) is 15.5. The van der Waals surface area contributed by atoms with Gasteiger partial charge in [-0.15, -0.1) is 0 Å². The van der Waals surface area contributed by atoms with Crippen molar-refractivity contribution in [3.05, 3.63) is 24.3 Å². The Morgan fingerprint density at radius 2 is 2.50 bits per heavy atom. The molecule has 0 bridgehead atoms. The second-order valence-electron chi connectivity index (χ2n) is 3.18. The molecule has 0 saturated heterocycles. The topological polar surface area (TPSA) is 53.4 Å². The van der Waals surface area contributed by atoms with Crippen molar-refractivity contribution in [2.45, 2.75) is 6.54 Å². The molecule has 1 aliphatic heterocycles. The first kappa shape index (κ1) is 8.93. The van der Waals surface area contributed by atoms with Crippen molar-refractivity contribution in [3.8, 4) is 0 Å². The monoisotopic (exact) mass is 191 g/mol. The van der Waals surface area contributed by atoms with Crippen molar-refractivity contribution in [1.82, 2.24) is 20.2 Å². The molecule has 0 radical (unpaired) electrons. The molecule has 5 heteroatoms. The van der Waals surface area contributed by atoms with Crippen molar-refractivity contribution in [3.63, 3.8) is 0 Å². The molecule has 0 spiro atoms. The van der Waals surface area contributed by atoms with Crippen LogP contribution in [0.15, 0.2) is 23.6 Å². The Morgan fingerprint density at radius 1 is 1.57 bits per heavy atom. The molecule has 0 aromatic carbocycles. The van der Waals surface area contributed by atoms with Crippen LogP contribution in [0, 0.1) is 0 Å². The van der Waals surface area contributed by atoms with Gasteiger partial charge in [-0.1, -0.05) is 0 Å². The van der Waals surface area contributed by atoms with E-state index in [1.807, 2.05) is 13.1 Å². The predicted octanol–water partition coefficient (Wildman–Crippen LogP) is -0.132. The van der Waals surface area contributed by atoms with Crippen LogP contribution in [0.4, 0.5) is 0 Å². The summed E-state index contributed by atoms with van der Waals surface area (Å²) >= 11 is 0. The lowest BCUT2D eigenvalue weighted by atomic mass is 10.4. The number of likely N-dealkylation sites (N-methyl/N-ethyl adjacent to an activating group) is 1. The molecule has 2 rings (SSSR count). The van der Waals surface area contributed by atoms with Crippen molar-refractivity contribution in [2.24, 2.45) is 4.99 Å². The van der Waals surface area contributed by atoms with Crippen LogP contribution in [0.3, 0.4) is 0 Å². The minimum absolute atomic E-state index is 0.700. The van der Waals surface area contributed by atoms with E-state index < -0.39 is 0 Å². The number of hydrogen-bond acceptors (Lipinski definition) is 5. The number of guanidine groups is 1. The van der Waals surface area contributed by atoms with E-state index in [1.54, 1.807) is 12.5 Å². The summed E-state index contributed by atoms with van der Waals surface area (Å²) in [4.78, 5) is 14.4. The summed E-state index contributed by atoms with van der Waals surface area (Å²) in [6.07, 6.45) is 3.29. The zero-order valence-electron chi connectivity index (χ0n) is 8.14. The Hall–Kier alpha value is -1.65. The third-order valence-corrected chi connectivity index (χ3v) is 2.13. The van der Waals surface area contributed by atoms with Gasteiger partial charge in [0.05, 0.1) is 18.8 Å². The Bertz CT molecular complexity index is 321. The van der Waals surface area contributed by atoms with E-state index in [2.05, 4.69) is 25.2 Å². The first-order valence-corrected chi connectivity index (χ1v) is 4.60. The molecule has 1 aliphatic rings. The third kappa shape index (κ3) is 1.99. The van der Waals surface area contributed by atoms with Crippen LogP contribution < -0.4 is 5.32 Å². The van der Waals surface area contributed by atoms with Gasteiger partial charge in [0.1, 0.15) is 6.33 Å². The van der Waals surface area contributed by atoms with E-state index in [9.17, 15) is 0 Å². The van der Waals surface area contributed by atoms with Gasteiger partial charge >= 0.3 is 0 Å². The zero-order chi connectivity index (χ0) is 9.80. The van der Waals surface area contributed by atoms with Crippen LogP contribution >= 0.6 is 0 Å². The summed E-state index contributed by atoms with van der Waals surface area (Å²) in [5.41, 5.74) is 0.975. The maximum Gasteiger partial charge on any atom is 0.194 e. The van der Waals surface area contributed by atoms with Crippen LogP contribution in [-0.2, 0) is 6.54 Å². The number of nitrogens with zero attached hydrogens (tertiary/aromatic N) is 4. The van der Waals surface area contributed by atoms with Crippen molar-refractivity contribution in [2.75, 3.05) is 20.1 Å². The summed E-state index contributed by atoms with van der Waals surface area (Å²) in [5.74, 6) is 0.948. The fourth-order valence-electron chi connectivity index (χ4n) is 1.32. The second kappa shape index (κ2) is 4.04. The molecule has 0 aliphatic carbocycles. The predicted molar refractivity (Wildman–Crippen MR) is 53.8 cm³/mol. The van der Waals surface area contributed by atoms with Gasteiger partial charge in [0.15, 0.2) is 5.96 Å². The molecular formula is C9H13N5. The minimum Gasteiger partial charge on any atom is -0.351 e. The Balaban J connectivity index is 1.89. The molecule has 14 heavy (non-hydrogen) atoms. The van der Waals surface area contributed by atoms with Gasteiger partial charge in [0, 0.05) is 19.8 Å². The van der Waals surface area contributed by atoms with Gasteiger partial charge in [0.2, 0.25) is 0 Å². The summed E-state index contributed by atoms with van der Waals surface area (Å²) in [6, 6.07) is 1.89. The van der Waals surface area contributed by atoms with Gasteiger partial charge in [0.25, 0.3) is 0 Å². The number of aromatic nitrogens is 2. The SMILES string of the molecule is CN1CCN=C1NCc1ccncn1. The average molecular weight is 191 g/mol. The number of rotatable bonds is 2. The van der Waals surface area contributed by atoms with Crippen molar-refractivity contribution in [1.29, 1.82) is 0 Å². The number of aliphatic imine (C=N–C) groups is 1. The summed E-state index contributed by atoms with van der Waals surface area (Å²) < 4.78 is 0. The lowest BCUT2D eigenvalue weighted by Crippen LogP contribution is -2.35. The lowest BCUT2D eigenvalue weighted by Gasteiger charge is -2.14. The molecule has 1 aromatic rings. The molecule has 0 saturated carbocycles. The molecule has 0 atom stereocenters. The van der Waals surface area contributed by atoms with Crippen molar-refractivity contribution < 1.29 is 0 Å². The van der Waals surface area contributed by atoms with Crippen LogP contribution in [-0.4, -0.2) is 41.0 Å². The van der Waals surface area contributed by atoms with E-state index in [4.69, 9.17) is 0 Å². The minimum atomic E-state index is 0.700. The van der Waals surface area contributed by atoms with Crippen molar-refractivity contribution >= 4 is 5.96 Å². The fourth-order valence-corrected chi connectivity index (χ4v) is 1.32. The summed E-state index contributed by atoms with van der Waals surface area (Å²) in [5, 5.41) is 3.23. The Labute approximate surface area is 82.9 Å². The van der Waals surface area contributed by atoms with E-state index in [1.165, 1.54) is 0 Å². The first-order chi connectivity index (χ1) is 6.86. The van der Waals surface area contributed by atoms with Gasteiger partial charge in [-0.2, -0.15) is 0 Å². The first-order valence-electron chi connectivity index (χ1n) is 4.60. The highest BCUT2D eigenvalue weighted by molar-refractivity contribution is 5.81. The van der Waals surface area contributed by atoms with Crippen LogP contribution in [0.1, 0.15) is 5.69 Å². The number of nitrogens with one attached hydrogen (secondary N) is 1. The molecule has 74 valence electrons. The van der Waals surface area contributed by atoms with E-state index in [0.29, 0.717) is 6.54 Å². The van der Waals surface area contributed by atoms with E-state index >= 15 is 0 Å². The van der Waals surface area contributed by atoms with Gasteiger partial charge < -0.3 is 10.2 Å². The number of hydrogen-bond donors (Lipinski definition) is 1. The second-order valence-corrected chi connectivity index (χ2v) is 3.18. The molecule has 0 amide bonds. The molecule has 5 nitrogen and oxygen atoms in total. The Morgan fingerprint density at radius 3 is 3.14 bits per heavy atom. The fraction of sp³-hybridized carbons (Fsp3) is 0.444. The molecule has 1 N–H and O–H groups in total. The van der Waals surface area contributed by atoms with Crippen LogP contribution in [0.5, 0.6) is 0 Å². The van der Waals surface area contributed by atoms with Gasteiger partial charge in [-0.05, 0) is 6.07 Å². The maximum atomic E-state index is 4.32. The Kier molecular flexibility index (Phi) is 2.58. The molecule has 1 aromatic heterocycles. The zero-order valence-corrected chi connectivity index (χ0v) is 8.14. The highest BCUT2D eigenvalue weighted by Gasteiger charge is 2.10. The van der Waals surface area contributed by atoms with Crippen LogP contribution in [0.2, 0.25) is 0 Å². The van der Waals surface area contributed by atoms with Crippen LogP contribution in [0.25, 0.3) is 0 Å². The smallest absolute Gasteiger partial charge is 0.194 e. The maximum absolute atomic E-state index is 4.32. The highest BCUT2D eigenvalue weighted by Crippen LogP contribution is 1.96. The molecular weight excluding hydrogens is 178 g/mol.